The number of hydrogen-bond acceptors (Lipinski definition) is 3. The number of aryl methyl sites for hydroxylation is 4. The van der Waals surface area contributed by atoms with Gasteiger partial charge in [0, 0.05) is 11.1 Å². The average molecular weight is 386 g/mol. The lowest BCUT2D eigenvalue weighted by atomic mass is 9.98. The number of rotatable bonds is 6. The molecule has 3 rings (SSSR count). The van der Waals surface area contributed by atoms with Gasteiger partial charge in [-0.3, -0.25) is 9.59 Å². The quantitative estimate of drug-likeness (QED) is 0.407. The van der Waals surface area contributed by atoms with E-state index in [4.69, 9.17) is 4.74 Å². The molecule has 0 saturated carbocycles. The highest BCUT2D eigenvalue weighted by molar-refractivity contribution is 6.01. The van der Waals surface area contributed by atoms with E-state index in [9.17, 15) is 9.59 Å². The second-order valence-corrected chi connectivity index (χ2v) is 7.61. The van der Waals surface area contributed by atoms with Crippen molar-refractivity contribution in [2.45, 2.75) is 40.2 Å². The lowest BCUT2D eigenvalue weighted by Crippen LogP contribution is -2.21. The van der Waals surface area contributed by atoms with Gasteiger partial charge in [0.05, 0.1) is 6.42 Å². The van der Waals surface area contributed by atoms with Gasteiger partial charge in [-0.15, -0.1) is 0 Å². The highest BCUT2D eigenvalue weighted by Gasteiger charge is 2.26. The smallest absolute Gasteiger partial charge is 0.311 e. The molecule has 0 aliphatic rings. The number of ether oxygens (including phenoxy) is 1. The zero-order valence-electron chi connectivity index (χ0n) is 17.4. The number of ketones is 1. The molecule has 0 aliphatic carbocycles. The lowest BCUT2D eigenvalue weighted by molar-refractivity contribution is -0.146. The summed E-state index contributed by atoms with van der Waals surface area (Å²) < 4.78 is 5.71. The second kappa shape index (κ2) is 8.87. The Labute approximate surface area is 172 Å². The lowest BCUT2D eigenvalue weighted by Gasteiger charge is -2.18. The molecule has 0 bridgehead atoms. The fourth-order valence-electron chi connectivity index (χ4n) is 3.14. The molecule has 0 N–H and O–H groups in total. The van der Waals surface area contributed by atoms with Gasteiger partial charge < -0.3 is 4.74 Å². The van der Waals surface area contributed by atoms with Crippen LogP contribution < -0.4 is 0 Å². The van der Waals surface area contributed by atoms with Crippen molar-refractivity contribution < 1.29 is 14.3 Å². The Kier molecular flexibility index (Phi) is 6.28. The maximum atomic E-state index is 13.2. The highest BCUT2D eigenvalue weighted by atomic mass is 16.5. The molecule has 148 valence electrons. The molecule has 0 fully saturated rings. The van der Waals surface area contributed by atoms with Gasteiger partial charge in [-0.25, -0.2) is 0 Å². The minimum absolute atomic E-state index is 0.130. The monoisotopic (exact) mass is 386 g/mol. The van der Waals surface area contributed by atoms with Crippen LogP contribution in [0.1, 0.15) is 49.8 Å². The Morgan fingerprint density at radius 2 is 1.34 bits per heavy atom. The van der Waals surface area contributed by atoms with E-state index in [0.717, 1.165) is 22.3 Å². The van der Waals surface area contributed by atoms with Crippen LogP contribution >= 0.6 is 0 Å². The van der Waals surface area contributed by atoms with E-state index in [2.05, 4.69) is 0 Å². The summed E-state index contributed by atoms with van der Waals surface area (Å²) in [6.07, 6.45) is -0.831. The van der Waals surface area contributed by atoms with Crippen LogP contribution in [0.4, 0.5) is 0 Å². The molecule has 0 amide bonds. The topological polar surface area (TPSA) is 43.4 Å². The van der Waals surface area contributed by atoms with Crippen LogP contribution in [0.2, 0.25) is 0 Å². The van der Waals surface area contributed by atoms with Gasteiger partial charge in [-0.2, -0.15) is 0 Å². The van der Waals surface area contributed by atoms with Crippen molar-refractivity contribution in [2.75, 3.05) is 0 Å². The molecule has 0 heterocycles. The van der Waals surface area contributed by atoms with Gasteiger partial charge in [0.25, 0.3) is 0 Å². The molecule has 0 aromatic heterocycles. The molecule has 0 saturated heterocycles. The van der Waals surface area contributed by atoms with Crippen molar-refractivity contribution in [3.05, 3.63) is 106 Å². The van der Waals surface area contributed by atoms with E-state index in [1.165, 1.54) is 5.56 Å². The van der Waals surface area contributed by atoms with Gasteiger partial charge >= 0.3 is 5.97 Å². The first-order valence-electron chi connectivity index (χ1n) is 9.76. The Morgan fingerprint density at radius 1 is 0.759 bits per heavy atom. The molecule has 1 atom stereocenters. The maximum Gasteiger partial charge on any atom is 0.311 e. The first kappa shape index (κ1) is 20.5. The number of carbonyl (C=O) groups is 2. The Hall–Kier alpha value is -3.20. The van der Waals surface area contributed by atoms with Crippen LogP contribution in [0, 0.1) is 27.7 Å². The van der Waals surface area contributed by atoms with Gasteiger partial charge in [-0.05, 0) is 44.4 Å². The number of hydrogen-bond donors (Lipinski definition) is 0. The average Bonchev–Trinajstić information content (AvgIpc) is 2.70. The van der Waals surface area contributed by atoms with Crippen molar-refractivity contribution in [1.29, 1.82) is 0 Å². The molecule has 0 unspecified atom stereocenters. The molecule has 0 aliphatic heterocycles. The number of Topliss-reactive ketones (excluding diaryl/α,β-unsaturated/α-hetero) is 1. The van der Waals surface area contributed by atoms with Crippen molar-refractivity contribution in [1.82, 2.24) is 0 Å². The van der Waals surface area contributed by atoms with Crippen LogP contribution in [-0.2, 0) is 16.0 Å². The number of benzene rings is 3. The van der Waals surface area contributed by atoms with E-state index in [1.807, 2.05) is 82.3 Å². The summed E-state index contributed by atoms with van der Waals surface area (Å²) >= 11 is 0. The van der Waals surface area contributed by atoms with Crippen molar-refractivity contribution in [3.8, 4) is 0 Å². The first-order valence-corrected chi connectivity index (χ1v) is 9.76. The second-order valence-electron chi connectivity index (χ2n) is 7.61. The largest absolute Gasteiger partial charge is 0.449 e. The van der Waals surface area contributed by atoms with Crippen LogP contribution in [-0.4, -0.2) is 11.8 Å². The standard InChI is InChI=1S/C26H26O3/c1-17-5-11-22(12-6-17)25(28)26(23-13-7-18(2)8-14-23)29-24(27)16-21-10-9-19(3)20(4)15-21/h5-15,26H,16H2,1-4H3/t26-/m1/s1. The van der Waals surface area contributed by atoms with Gasteiger partial charge in [0.1, 0.15) is 0 Å². The van der Waals surface area contributed by atoms with E-state index >= 15 is 0 Å². The fourth-order valence-corrected chi connectivity index (χ4v) is 3.14. The summed E-state index contributed by atoms with van der Waals surface area (Å²) in [5.74, 6) is -0.637. The summed E-state index contributed by atoms with van der Waals surface area (Å²) in [7, 11) is 0. The minimum atomic E-state index is -0.961. The fraction of sp³-hybridized carbons (Fsp3) is 0.231. The van der Waals surface area contributed by atoms with E-state index in [1.54, 1.807) is 12.1 Å². The van der Waals surface area contributed by atoms with Crippen molar-refractivity contribution >= 4 is 11.8 Å². The highest BCUT2D eigenvalue weighted by Crippen LogP contribution is 2.24. The molecule has 29 heavy (non-hydrogen) atoms. The molecule has 3 heteroatoms. The third kappa shape index (κ3) is 5.20. The molecule has 0 spiro atoms. The summed E-state index contributed by atoms with van der Waals surface area (Å²) in [6, 6.07) is 20.7. The minimum Gasteiger partial charge on any atom is -0.449 e. The molecule has 3 aromatic rings. The molecule has 3 nitrogen and oxygen atoms in total. The Morgan fingerprint density at radius 3 is 1.93 bits per heavy atom. The summed E-state index contributed by atoms with van der Waals surface area (Å²) in [5.41, 5.74) is 6.53. The zero-order chi connectivity index (χ0) is 21.0. The van der Waals surface area contributed by atoms with Crippen LogP contribution in [0.5, 0.6) is 0 Å². The Balaban J connectivity index is 1.85. The van der Waals surface area contributed by atoms with E-state index in [0.29, 0.717) is 11.1 Å². The van der Waals surface area contributed by atoms with Crippen molar-refractivity contribution in [3.63, 3.8) is 0 Å². The van der Waals surface area contributed by atoms with Crippen LogP contribution in [0.15, 0.2) is 66.7 Å². The molecule has 3 aromatic carbocycles. The first-order chi connectivity index (χ1) is 13.8. The summed E-state index contributed by atoms with van der Waals surface area (Å²) in [4.78, 5) is 25.8. The van der Waals surface area contributed by atoms with E-state index < -0.39 is 12.1 Å². The van der Waals surface area contributed by atoms with Crippen LogP contribution in [0.25, 0.3) is 0 Å². The van der Waals surface area contributed by atoms with Crippen LogP contribution in [0.3, 0.4) is 0 Å². The van der Waals surface area contributed by atoms with Gasteiger partial charge in [0.15, 0.2) is 6.10 Å². The summed E-state index contributed by atoms with van der Waals surface area (Å²) in [5, 5.41) is 0. The molecular formula is C26H26O3. The Bertz CT molecular complexity index is 1010. The molecular weight excluding hydrogens is 360 g/mol. The third-order valence-corrected chi connectivity index (χ3v) is 5.12. The van der Waals surface area contributed by atoms with Gasteiger partial charge in [0.2, 0.25) is 5.78 Å². The SMILES string of the molecule is Cc1ccc(C(=O)[C@H](OC(=O)Cc2ccc(C)c(C)c2)c2ccc(C)cc2)cc1. The number of esters is 1. The summed E-state index contributed by atoms with van der Waals surface area (Å²) in [6.45, 7) is 7.99. The van der Waals surface area contributed by atoms with Gasteiger partial charge in [-0.1, -0.05) is 77.9 Å². The van der Waals surface area contributed by atoms with E-state index in [-0.39, 0.29) is 12.2 Å². The predicted molar refractivity (Wildman–Crippen MR) is 115 cm³/mol. The number of carbonyl (C=O) groups excluding carboxylic acids is 2. The maximum absolute atomic E-state index is 13.2. The molecule has 0 radical (unpaired) electrons. The predicted octanol–water partition coefficient (Wildman–Crippen LogP) is 5.63. The van der Waals surface area contributed by atoms with Crippen molar-refractivity contribution in [2.24, 2.45) is 0 Å². The third-order valence-electron chi connectivity index (χ3n) is 5.12. The normalized spacial score (nSPS) is 11.7. The zero-order valence-corrected chi connectivity index (χ0v) is 17.4.